The maximum Gasteiger partial charge on any atom is 0.192 e. The van der Waals surface area contributed by atoms with E-state index in [1.54, 1.807) is 0 Å². The van der Waals surface area contributed by atoms with E-state index in [1.807, 2.05) is 60.7 Å². The van der Waals surface area contributed by atoms with Crippen molar-refractivity contribution in [2.75, 3.05) is 6.61 Å². The lowest BCUT2D eigenvalue weighted by Crippen LogP contribution is -2.61. The fraction of sp³-hybridized carbons (Fsp3) is 0.444. The van der Waals surface area contributed by atoms with Crippen LogP contribution in [0, 0.1) is 0 Å². The summed E-state index contributed by atoms with van der Waals surface area (Å²) >= 11 is 0. The second kappa shape index (κ2) is 15.2. The molecule has 226 valence electrons. The summed E-state index contributed by atoms with van der Waals surface area (Å²) in [7, 11) is -2.04. The van der Waals surface area contributed by atoms with Gasteiger partial charge in [0.15, 0.2) is 8.32 Å². The smallest absolute Gasteiger partial charge is 0.192 e. The molecule has 5 atom stereocenters. The van der Waals surface area contributed by atoms with Crippen molar-refractivity contribution >= 4 is 8.32 Å². The second-order valence-electron chi connectivity index (χ2n) is 12.6. The number of ether oxygens (including phenoxy) is 4. The van der Waals surface area contributed by atoms with Crippen LogP contribution in [0.15, 0.2) is 104 Å². The van der Waals surface area contributed by atoms with E-state index in [1.165, 1.54) is 0 Å². The molecule has 0 N–H and O–H groups in total. The summed E-state index contributed by atoms with van der Waals surface area (Å²) in [6.45, 7) is 17.1. The average Bonchev–Trinajstić information content (AvgIpc) is 2.99. The Kier molecular flexibility index (Phi) is 11.7. The fourth-order valence-corrected chi connectivity index (χ4v) is 5.89. The Labute approximate surface area is 253 Å². The van der Waals surface area contributed by atoms with E-state index in [0.29, 0.717) is 32.8 Å². The third-order valence-corrected chi connectivity index (χ3v) is 12.9. The Morgan fingerprint density at radius 2 is 1.07 bits per heavy atom. The molecule has 3 aromatic carbocycles. The van der Waals surface area contributed by atoms with Crippen molar-refractivity contribution in [2.45, 2.75) is 95.7 Å². The molecule has 1 aliphatic rings. The first kappa shape index (κ1) is 32.3. The topological polar surface area (TPSA) is 46.2 Å². The van der Waals surface area contributed by atoms with Gasteiger partial charge < -0.3 is 23.4 Å². The van der Waals surface area contributed by atoms with Gasteiger partial charge >= 0.3 is 0 Å². The number of hydrogen-bond acceptors (Lipinski definition) is 5. The van der Waals surface area contributed by atoms with Crippen LogP contribution in [0.1, 0.15) is 43.9 Å². The van der Waals surface area contributed by atoms with Gasteiger partial charge in [-0.2, -0.15) is 0 Å². The van der Waals surface area contributed by atoms with Crippen molar-refractivity contribution in [1.29, 1.82) is 0 Å². The van der Waals surface area contributed by atoms with Crippen LogP contribution >= 0.6 is 0 Å². The van der Waals surface area contributed by atoms with Gasteiger partial charge in [-0.1, -0.05) is 118 Å². The summed E-state index contributed by atoms with van der Waals surface area (Å²) in [6.07, 6.45) is 0.796. The van der Waals surface area contributed by atoms with Crippen LogP contribution in [0.5, 0.6) is 0 Å². The van der Waals surface area contributed by atoms with E-state index in [9.17, 15) is 0 Å². The molecule has 0 bridgehead atoms. The summed E-state index contributed by atoms with van der Waals surface area (Å²) < 4.78 is 33.7. The van der Waals surface area contributed by atoms with Gasteiger partial charge in [0.1, 0.15) is 24.4 Å². The highest BCUT2D eigenvalue weighted by atomic mass is 28.4. The van der Waals surface area contributed by atoms with Gasteiger partial charge in [-0.25, -0.2) is 0 Å². The summed E-state index contributed by atoms with van der Waals surface area (Å²) in [4.78, 5) is 0. The predicted molar refractivity (Wildman–Crippen MR) is 172 cm³/mol. The van der Waals surface area contributed by atoms with E-state index >= 15 is 0 Å². The van der Waals surface area contributed by atoms with Gasteiger partial charge in [0.25, 0.3) is 0 Å². The van der Waals surface area contributed by atoms with E-state index in [0.717, 1.165) is 16.7 Å². The van der Waals surface area contributed by atoms with Gasteiger partial charge in [-0.15, -0.1) is 6.58 Å². The average molecular weight is 589 g/mol. The SMILES string of the molecule is C=CC[C@H]1O[C@H](CO[Si](C)(C)C(C)(C)C)[C@@H](OCc2ccccc2)[C@H](OCc2ccccc2)[C@H]1OCc1ccccc1. The Hall–Kier alpha value is -2.58. The molecule has 3 aromatic rings. The van der Waals surface area contributed by atoms with Gasteiger partial charge in [0.05, 0.1) is 32.5 Å². The molecule has 0 saturated carbocycles. The first-order valence-corrected chi connectivity index (χ1v) is 18.0. The third-order valence-electron chi connectivity index (χ3n) is 8.40. The molecule has 4 rings (SSSR count). The summed E-state index contributed by atoms with van der Waals surface area (Å²) in [5.74, 6) is 0. The molecule has 6 heteroatoms. The Bertz CT molecular complexity index is 1200. The third kappa shape index (κ3) is 8.96. The molecular formula is C36H48O5Si. The molecule has 1 heterocycles. The quantitative estimate of drug-likeness (QED) is 0.141. The zero-order valence-electron chi connectivity index (χ0n) is 25.9. The molecule has 0 radical (unpaired) electrons. The zero-order chi connectivity index (χ0) is 30.0. The van der Waals surface area contributed by atoms with E-state index < -0.39 is 14.4 Å². The minimum atomic E-state index is -2.04. The standard InChI is InChI=1S/C36H48O5Si/c1-7-17-31-33(37-24-28-18-11-8-12-19-28)35(39-26-30-22-15-10-16-23-30)34(38-25-29-20-13-9-14-21-29)32(41-31)27-40-42(5,6)36(2,3)4/h7-16,18-23,31-35H,1,17,24-27H2,2-6H3/t31-,32-,33+,34-,35-/m1/s1. The van der Waals surface area contributed by atoms with E-state index in [2.05, 4.69) is 76.8 Å². The van der Waals surface area contributed by atoms with Crippen LogP contribution in [0.4, 0.5) is 0 Å². The first-order valence-electron chi connectivity index (χ1n) is 15.0. The van der Waals surface area contributed by atoms with Crippen molar-refractivity contribution in [3.8, 4) is 0 Å². The van der Waals surface area contributed by atoms with Crippen LogP contribution < -0.4 is 0 Å². The Morgan fingerprint density at radius 3 is 1.48 bits per heavy atom. The molecule has 1 saturated heterocycles. The van der Waals surface area contributed by atoms with Crippen molar-refractivity contribution in [3.05, 3.63) is 120 Å². The van der Waals surface area contributed by atoms with Gasteiger partial charge in [0, 0.05) is 0 Å². The molecule has 5 nitrogen and oxygen atoms in total. The monoisotopic (exact) mass is 588 g/mol. The molecule has 0 spiro atoms. The normalized spacial score (nSPS) is 23.0. The zero-order valence-corrected chi connectivity index (χ0v) is 26.9. The fourth-order valence-electron chi connectivity index (χ4n) is 4.88. The van der Waals surface area contributed by atoms with Gasteiger partial charge in [0.2, 0.25) is 0 Å². The highest BCUT2D eigenvalue weighted by Gasteiger charge is 2.49. The van der Waals surface area contributed by atoms with Crippen LogP contribution in [0.2, 0.25) is 18.1 Å². The highest BCUT2D eigenvalue weighted by molar-refractivity contribution is 6.74. The second-order valence-corrected chi connectivity index (χ2v) is 17.4. The van der Waals surface area contributed by atoms with Crippen molar-refractivity contribution in [1.82, 2.24) is 0 Å². The maximum atomic E-state index is 6.82. The maximum absolute atomic E-state index is 6.82. The lowest BCUT2D eigenvalue weighted by atomic mass is 9.92. The highest BCUT2D eigenvalue weighted by Crippen LogP contribution is 2.38. The predicted octanol–water partition coefficient (Wildman–Crippen LogP) is 8.11. The van der Waals surface area contributed by atoms with Crippen molar-refractivity contribution in [2.24, 2.45) is 0 Å². The lowest BCUT2D eigenvalue weighted by Gasteiger charge is -2.47. The summed E-state index contributed by atoms with van der Waals surface area (Å²) in [5, 5.41) is 0.0765. The van der Waals surface area contributed by atoms with Crippen molar-refractivity contribution < 1.29 is 23.4 Å². The molecule has 42 heavy (non-hydrogen) atoms. The minimum absolute atomic E-state index is 0.0765. The number of hydrogen-bond donors (Lipinski definition) is 0. The molecule has 0 amide bonds. The lowest BCUT2D eigenvalue weighted by molar-refractivity contribution is -0.268. The molecule has 1 aliphatic heterocycles. The van der Waals surface area contributed by atoms with E-state index in [4.69, 9.17) is 23.4 Å². The Morgan fingerprint density at radius 1 is 0.667 bits per heavy atom. The summed E-state index contributed by atoms with van der Waals surface area (Å²) in [5.41, 5.74) is 3.29. The van der Waals surface area contributed by atoms with Gasteiger partial charge in [-0.3, -0.25) is 0 Å². The van der Waals surface area contributed by atoms with Crippen LogP contribution in [0.3, 0.4) is 0 Å². The molecular weight excluding hydrogens is 540 g/mol. The number of rotatable bonds is 14. The molecule has 1 fully saturated rings. The largest absolute Gasteiger partial charge is 0.414 e. The molecule has 0 aromatic heterocycles. The first-order chi connectivity index (χ1) is 20.2. The number of benzene rings is 3. The van der Waals surface area contributed by atoms with Crippen molar-refractivity contribution in [3.63, 3.8) is 0 Å². The van der Waals surface area contributed by atoms with Gasteiger partial charge in [-0.05, 0) is 41.2 Å². The minimum Gasteiger partial charge on any atom is -0.414 e. The Balaban J connectivity index is 1.65. The van der Waals surface area contributed by atoms with Crippen LogP contribution in [0.25, 0.3) is 0 Å². The van der Waals surface area contributed by atoms with Crippen LogP contribution in [-0.4, -0.2) is 45.4 Å². The van der Waals surface area contributed by atoms with Crippen LogP contribution in [-0.2, 0) is 43.2 Å². The van der Waals surface area contributed by atoms with E-state index in [-0.39, 0.29) is 29.5 Å². The summed E-state index contributed by atoms with van der Waals surface area (Å²) in [6, 6.07) is 30.7. The molecule has 0 aliphatic carbocycles. The molecule has 0 unspecified atom stereocenters.